The number of rotatable bonds is 6. The zero-order chi connectivity index (χ0) is 17.4. The number of likely N-dealkylation sites (tertiary alicyclic amines) is 1. The average molecular weight is 347 g/mol. The van der Waals surface area contributed by atoms with Crippen molar-refractivity contribution in [2.45, 2.75) is 63.5 Å². The highest BCUT2D eigenvalue weighted by Crippen LogP contribution is 2.35. The fraction of sp³-hybridized carbons (Fsp3) is 0.789. The first-order valence-corrected chi connectivity index (χ1v) is 9.98. The summed E-state index contributed by atoms with van der Waals surface area (Å²) in [6.07, 6.45) is 16.6. The fourth-order valence-corrected chi connectivity index (χ4v) is 4.37. The molecule has 1 saturated carbocycles. The van der Waals surface area contributed by atoms with Crippen LogP contribution in [0.15, 0.2) is 23.7 Å². The molecule has 0 spiro atoms. The van der Waals surface area contributed by atoms with E-state index in [2.05, 4.69) is 30.1 Å². The van der Waals surface area contributed by atoms with E-state index < -0.39 is 0 Å². The molecule has 6 nitrogen and oxygen atoms in total. The molecule has 25 heavy (non-hydrogen) atoms. The summed E-state index contributed by atoms with van der Waals surface area (Å²) in [6.45, 7) is 5.31. The lowest BCUT2D eigenvalue weighted by Crippen LogP contribution is -2.59. The van der Waals surface area contributed by atoms with Crippen LogP contribution >= 0.6 is 0 Å². The van der Waals surface area contributed by atoms with Crippen molar-refractivity contribution in [3.05, 3.63) is 18.7 Å². The van der Waals surface area contributed by atoms with Crippen LogP contribution in [0.5, 0.6) is 0 Å². The Balaban J connectivity index is 1.51. The van der Waals surface area contributed by atoms with Gasteiger partial charge in [-0.1, -0.05) is 25.7 Å². The third kappa shape index (κ3) is 4.97. The summed E-state index contributed by atoms with van der Waals surface area (Å²) in [5.74, 6) is 0.919. The topological polar surface area (TPSA) is 57.5 Å². The van der Waals surface area contributed by atoms with Gasteiger partial charge < -0.3 is 15.2 Å². The number of aliphatic imine (C=N–C) groups is 1. The third-order valence-corrected chi connectivity index (χ3v) is 5.84. The molecule has 0 amide bonds. The number of piperidine rings is 1. The molecule has 2 aliphatic rings. The number of hydrogen-bond donors (Lipinski definition) is 2. The number of imidazole rings is 1. The van der Waals surface area contributed by atoms with Gasteiger partial charge in [0.2, 0.25) is 0 Å². The van der Waals surface area contributed by atoms with Crippen molar-refractivity contribution in [2.75, 3.05) is 33.2 Å². The zero-order valence-electron chi connectivity index (χ0n) is 15.7. The molecule has 1 saturated heterocycles. The van der Waals surface area contributed by atoms with Gasteiger partial charge in [-0.3, -0.25) is 9.89 Å². The summed E-state index contributed by atoms with van der Waals surface area (Å²) in [6, 6.07) is 0. The Morgan fingerprint density at radius 2 is 1.84 bits per heavy atom. The molecule has 140 valence electrons. The molecule has 2 N–H and O–H groups in total. The highest BCUT2D eigenvalue weighted by Gasteiger charge is 2.38. The van der Waals surface area contributed by atoms with Crippen molar-refractivity contribution in [3.63, 3.8) is 0 Å². The van der Waals surface area contributed by atoms with Gasteiger partial charge in [0.05, 0.1) is 6.33 Å². The Morgan fingerprint density at radius 1 is 1.08 bits per heavy atom. The van der Waals surface area contributed by atoms with Crippen molar-refractivity contribution >= 4 is 5.96 Å². The summed E-state index contributed by atoms with van der Waals surface area (Å²) in [5, 5.41) is 7.07. The quantitative estimate of drug-likeness (QED) is 0.613. The van der Waals surface area contributed by atoms with Gasteiger partial charge in [-0.25, -0.2) is 4.98 Å². The molecule has 2 heterocycles. The Bertz CT molecular complexity index is 512. The van der Waals surface area contributed by atoms with Crippen LogP contribution in [0.25, 0.3) is 0 Å². The molecule has 3 rings (SSSR count). The summed E-state index contributed by atoms with van der Waals surface area (Å²) < 4.78 is 2.08. The average Bonchev–Trinajstić information content (AvgIpc) is 3.19. The van der Waals surface area contributed by atoms with Crippen molar-refractivity contribution in [3.8, 4) is 0 Å². The number of guanidine groups is 1. The molecular weight excluding hydrogens is 312 g/mol. The zero-order valence-corrected chi connectivity index (χ0v) is 15.7. The molecule has 1 aliphatic carbocycles. The van der Waals surface area contributed by atoms with Crippen LogP contribution in [-0.4, -0.2) is 59.2 Å². The molecule has 1 aliphatic heterocycles. The Labute approximate surface area is 152 Å². The summed E-state index contributed by atoms with van der Waals surface area (Å²) in [4.78, 5) is 11.3. The molecule has 0 atom stereocenters. The largest absolute Gasteiger partial charge is 0.355 e. The number of nitrogens with one attached hydrogen (secondary N) is 2. The van der Waals surface area contributed by atoms with Crippen LogP contribution in [0.1, 0.15) is 51.4 Å². The maximum atomic E-state index is 4.42. The fourth-order valence-electron chi connectivity index (χ4n) is 4.37. The van der Waals surface area contributed by atoms with E-state index in [4.69, 9.17) is 0 Å². The molecule has 2 fully saturated rings. The van der Waals surface area contributed by atoms with Gasteiger partial charge in [0.15, 0.2) is 5.96 Å². The second-order valence-electron chi connectivity index (χ2n) is 7.49. The van der Waals surface area contributed by atoms with E-state index in [9.17, 15) is 0 Å². The minimum absolute atomic E-state index is 0.334. The van der Waals surface area contributed by atoms with E-state index in [0.29, 0.717) is 5.54 Å². The van der Waals surface area contributed by atoms with Gasteiger partial charge in [0.1, 0.15) is 0 Å². The van der Waals surface area contributed by atoms with Gasteiger partial charge >= 0.3 is 0 Å². The van der Waals surface area contributed by atoms with Crippen LogP contribution < -0.4 is 10.6 Å². The van der Waals surface area contributed by atoms with Gasteiger partial charge in [-0.2, -0.15) is 0 Å². The molecule has 0 radical (unpaired) electrons. The molecule has 1 aromatic heterocycles. The van der Waals surface area contributed by atoms with Crippen LogP contribution in [0.2, 0.25) is 0 Å². The second kappa shape index (κ2) is 9.22. The number of nitrogens with zero attached hydrogens (tertiary/aromatic N) is 4. The third-order valence-electron chi connectivity index (χ3n) is 5.84. The monoisotopic (exact) mass is 346 g/mol. The highest BCUT2D eigenvalue weighted by atomic mass is 15.3. The lowest BCUT2D eigenvalue weighted by Gasteiger charge is -2.48. The van der Waals surface area contributed by atoms with Crippen molar-refractivity contribution < 1.29 is 0 Å². The first kappa shape index (κ1) is 18.2. The lowest BCUT2D eigenvalue weighted by atomic mass is 9.79. The number of hydrogen-bond acceptors (Lipinski definition) is 3. The first-order chi connectivity index (χ1) is 12.3. The second-order valence-corrected chi connectivity index (χ2v) is 7.49. The van der Waals surface area contributed by atoms with Crippen molar-refractivity contribution in [2.24, 2.45) is 4.99 Å². The Hall–Kier alpha value is -1.56. The molecule has 0 unspecified atom stereocenters. The van der Waals surface area contributed by atoms with Gasteiger partial charge in [0.25, 0.3) is 0 Å². The lowest BCUT2D eigenvalue weighted by molar-refractivity contribution is 0.0368. The van der Waals surface area contributed by atoms with E-state index in [0.717, 1.165) is 25.6 Å². The minimum Gasteiger partial charge on any atom is -0.355 e. The molecule has 1 aromatic rings. The molecule has 6 heteroatoms. The van der Waals surface area contributed by atoms with E-state index in [1.54, 1.807) is 0 Å². The van der Waals surface area contributed by atoms with Crippen LogP contribution in [0, 0.1) is 0 Å². The van der Waals surface area contributed by atoms with Crippen LogP contribution in [-0.2, 0) is 6.54 Å². The maximum absolute atomic E-state index is 4.42. The smallest absolute Gasteiger partial charge is 0.191 e. The van der Waals surface area contributed by atoms with Crippen molar-refractivity contribution in [1.82, 2.24) is 25.1 Å². The van der Waals surface area contributed by atoms with Crippen LogP contribution in [0.4, 0.5) is 0 Å². The summed E-state index contributed by atoms with van der Waals surface area (Å²) >= 11 is 0. The van der Waals surface area contributed by atoms with Crippen LogP contribution in [0.3, 0.4) is 0 Å². The standard InChI is InChI=1S/C19H34N6/c1-20-18(22-11-15-24-14-10-21-17-24)23-16-19(8-4-2-5-9-19)25-12-6-3-7-13-25/h10,14,17H,2-9,11-13,15-16H2,1H3,(H2,20,22,23). The predicted molar refractivity (Wildman–Crippen MR) is 103 cm³/mol. The Morgan fingerprint density at radius 3 is 2.52 bits per heavy atom. The van der Waals surface area contributed by atoms with Gasteiger partial charge in [-0.05, 0) is 38.8 Å². The normalized spacial score (nSPS) is 21.9. The molecular formula is C19H34N6. The molecule has 0 aromatic carbocycles. The minimum atomic E-state index is 0.334. The highest BCUT2D eigenvalue weighted by molar-refractivity contribution is 5.79. The van der Waals surface area contributed by atoms with Gasteiger partial charge in [-0.15, -0.1) is 0 Å². The summed E-state index contributed by atoms with van der Waals surface area (Å²) in [5.41, 5.74) is 0.334. The number of aromatic nitrogens is 2. The Kier molecular flexibility index (Phi) is 6.73. The van der Waals surface area contributed by atoms with E-state index in [1.807, 2.05) is 25.8 Å². The summed E-state index contributed by atoms with van der Waals surface area (Å²) in [7, 11) is 1.86. The molecule has 0 bridgehead atoms. The maximum Gasteiger partial charge on any atom is 0.191 e. The predicted octanol–water partition coefficient (Wildman–Crippen LogP) is 2.24. The SMILES string of the molecule is CN=C(NCCn1ccnc1)NCC1(N2CCCCC2)CCCCC1. The van der Waals surface area contributed by atoms with E-state index >= 15 is 0 Å². The van der Waals surface area contributed by atoms with E-state index in [-0.39, 0.29) is 0 Å². The first-order valence-electron chi connectivity index (χ1n) is 9.98. The van der Waals surface area contributed by atoms with E-state index in [1.165, 1.54) is 64.5 Å². The van der Waals surface area contributed by atoms with Crippen molar-refractivity contribution in [1.29, 1.82) is 0 Å². The van der Waals surface area contributed by atoms with Gasteiger partial charge in [0, 0.05) is 44.6 Å².